The highest BCUT2D eigenvalue weighted by molar-refractivity contribution is 5.94. The summed E-state index contributed by atoms with van der Waals surface area (Å²) in [5.41, 5.74) is 0. The second-order valence-corrected chi connectivity index (χ2v) is 34.5. The van der Waals surface area contributed by atoms with Crippen LogP contribution >= 0.6 is 0 Å². The van der Waals surface area contributed by atoms with E-state index in [1.807, 2.05) is 90.0 Å². The third-order valence-corrected chi connectivity index (χ3v) is 19.9. The first-order valence-corrected chi connectivity index (χ1v) is 53.6. The number of rotatable bonds is 74. The van der Waals surface area contributed by atoms with E-state index in [2.05, 4.69) is 91.6 Å². The minimum Gasteiger partial charge on any atom is -0.468 e. The number of amides is 9. The van der Waals surface area contributed by atoms with Crippen LogP contribution in [-0.2, 0) is 129 Å². The van der Waals surface area contributed by atoms with Gasteiger partial charge in [0, 0.05) is 58.9 Å². The molecule has 0 aromatic heterocycles. The molecular weight excluding hydrogens is 1920 g/mol. The topological polar surface area (TPSA) is 419 Å². The lowest BCUT2D eigenvalue weighted by molar-refractivity contribution is -0.151. The number of nitrogens with zero attached hydrogens (tertiary/aromatic N) is 9. The van der Waals surface area contributed by atoms with Crippen LogP contribution in [0.25, 0.3) is 0 Å². The van der Waals surface area contributed by atoms with Gasteiger partial charge in [-0.25, -0.2) is 0 Å². The van der Waals surface area contributed by atoms with E-state index >= 15 is 0 Å². The molecule has 9 amide bonds. The van der Waals surface area contributed by atoms with Gasteiger partial charge >= 0.3 is 53.7 Å². The lowest BCUT2D eigenvalue weighted by atomic mass is 10.0. The number of unbranched alkanes of at least 4 members (excludes halogenated alkanes) is 12. The number of methoxy groups -OCH3 is 1. The standard InChI is InChI=1S/C18H33NO3.C16H29NO3.C14H25NO3.2C12H21NO3.2C11H19NO3.C10H17NO3.C9H15NO3/c1-4-7-8-9-10-11-12-13-15-22-18(21)16-19(14-5-2)17(20)6-3;1-5-9-10-14(7-3)13-20-16(19)12-17(11-6-2)15(18)8-4;1-4-7-8-9-11-18-14(17)12-15(10-5-2)13(16)6-3;1-5-7-13(11(14)6-2)8-12(15)16-9-10(3)4;1-4-7-9-16-12(15)10-13(8-5-2)11(14)6-3;1-5-7-12(10(13)6-2)8-11(14)15-9(3)4;1-4-7-12(10(13)6-3)9-11(14)15-8-5-2;1-4-7-11(9(12)5-2)8-10(13)14-6-3;1-4-6-10(8(11)5-2)7-9(12)13-3/h6H,3-5,7-16H2,1-2H3;8,14H,4-7,9-13H2,1-3H3;6H,3-5,7-12H2,1-2H3;6,10H,2,5,7-9H2,1,3-4H3;6H,3-5,7-10H2,1-2H3;6,9H,2,5,7-8H2,1,3-4H3;6H,3-5,7-9H2,1-2H3;5H,2,4,6-8H2,1,3H3;5H,2,4,6-7H2,1,3H3. The van der Waals surface area contributed by atoms with Crippen LogP contribution < -0.4 is 0 Å². The van der Waals surface area contributed by atoms with E-state index in [0.29, 0.717) is 117 Å². The molecule has 858 valence electrons. The lowest BCUT2D eigenvalue weighted by Crippen LogP contribution is -2.36. The maximum Gasteiger partial charge on any atom is 0.325 e. The predicted molar refractivity (Wildman–Crippen MR) is 589 cm³/mol. The Bertz CT molecular complexity index is 3720. The molecule has 0 radical (unpaired) electrons. The first-order chi connectivity index (χ1) is 71.0. The summed E-state index contributed by atoms with van der Waals surface area (Å²) in [7, 11) is 1.30. The monoisotopic (exact) mass is 2110 g/mol. The van der Waals surface area contributed by atoms with Crippen molar-refractivity contribution in [3.63, 3.8) is 0 Å². The summed E-state index contributed by atoms with van der Waals surface area (Å²) in [5, 5.41) is 0. The zero-order valence-corrected chi connectivity index (χ0v) is 95.8. The van der Waals surface area contributed by atoms with Gasteiger partial charge in [0.25, 0.3) is 0 Å². The summed E-state index contributed by atoms with van der Waals surface area (Å²) in [6.07, 6.45) is 39.1. The predicted octanol–water partition coefficient (Wildman–Crippen LogP) is 17.4. The fraction of sp³-hybridized carbons (Fsp3) is 0.681. The molecule has 0 aliphatic rings. The molecule has 1 unspecified atom stereocenters. The van der Waals surface area contributed by atoms with E-state index in [4.69, 9.17) is 37.9 Å². The van der Waals surface area contributed by atoms with Crippen LogP contribution in [0.4, 0.5) is 0 Å². The van der Waals surface area contributed by atoms with Gasteiger partial charge in [0.2, 0.25) is 53.2 Å². The number of ether oxygens (including phenoxy) is 9. The maximum absolute atomic E-state index is 11.8. The van der Waals surface area contributed by atoms with Crippen molar-refractivity contribution in [1.82, 2.24) is 44.1 Å². The van der Waals surface area contributed by atoms with Gasteiger partial charge in [-0.1, -0.05) is 267 Å². The summed E-state index contributed by atoms with van der Waals surface area (Å²) < 4.78 is 44.6. The van der Waals surface area contributed by atoms with Crippen LogP contribution in [0, 0.1) is 11.8 Å². The van der Waals surface area contributed by atoms with Crippen molar-refractivity contribution in [3.05, 3.63) is 114 Å². The fourth-order valence-corrected chi connectivity index (χ4v) is 12.3. The second kappa shape index (κ2) is 112. The molecule has 0 N–H and O–H groups in total. The van der Waals surface area contributed by atoms with Gasteiger partial charge in [-0.2, -0.15) is 0 Å². The van der Waals surface area contributed by atoms with Gasteiger partial charge in [-0.15, -0.1) is 0 Å². The largest absolute Gasteiger partial charge is 0.468 e. The molecule has 0 heterocycles. The van der Waals surface area contributed by atoms with Crippen molar-refractivity contribution in [1.29, 1.82) is 0 Å². The normalized spacial score (nSPS) is 10.0. The first-order valence-electron chi connectivity index (χ1n) is 53.6. The molecule has 149 heavy (non-hydrogen) atoms. The van der Waals surface area contributed by atoms with Crippen molar-refractivity contribution in [2.45, 2.75) is 324 Å². The van der Waals surface area contributed by atoms with Gasteiger partial charge in [0.1, 0.15) is 58.9 Å². The Labute approximate surface area is 896 Å². The number of hydrogen-bond donors (Lipinski definition) is 0. The van der Waals surface area contributed by atoms with Crippen LogP contribution in [0.15, 0.2) is 114 Å². The van der Waals surface area contributed by atoms with Crippen LogP contribution in [-0.4, -0.2) is 328 Å². The Kier molecular flexibility index (Phi) is 116. The zero-order chi connectivity index (χ0) is 116. The maximum atomic E-state index is 11.8. The number of hydrogen-bond acceptors (Lipinski definition) is 27. The van der Waals surface area contributed by atoms with Gasteiger partial charge < -0.3 is 86.7 Å². The molecule has 0 aromatic rings. The van der Waals surface area contributed by atoms with Crippen molar-refractivity contribution >= 4 is 107 Å². The van der Waals surface area contributed by atoms with E-state index in [1.165, 1.54) is 144 Å². The smallest absolute Gasteiger partial charge is 0.325 e. The lowest BCUT2D eigenvalue weighted by Gasteiger charge is -2.20. The second-order valence-electron chi connectivity index (χ2n) is 34.5. The number of carbonyl (C=O) groups excluding carboxylic acids is 18. The highest BCUT2D eigenvalue weighted by atomic mass is 16.6. The van der Waals surface area contributed by atoms with E-state index in [1.54, 1.807) is 20.8 Å². The summed E-state index contributed by atoms with van der Waals surface area (Å²) in [6, 6.07) is 0. The minimum atomic E-state index is -0.413. The molecule has 0 aromatic carbocycles. The molecule has 0 spiro atoms. The SMILES string of the molecule is C=CC(=O)N(CCC)CC(=O)OC.C=CC(=O)N(CCC)CC(=O)OC(C)C.C=CC(=O)N(CCC)CC(=O)OCC.C=CC(=O)N(CCC)CC(=O)OCC(C)C.C=CC(=O)N(CCC)CC(=O)OCC(CC)CCCC.C=CC(=O)N(CCC)CC(=O)OCCC.C=CC(=O)N(CCC)CC(=O)OCCCC.C=CC(=O)N(CCC)CC(=O)OCCCCCC.C=CC(=O)N(CCC)CC(=O)OCCCCCCCCCC. The van der Waals surface area contributed by atoms with Crippen LogP contribution in [0.1, 0.15) is 318 Å². The Morgan fingerprint density at radius 2 is 0.430 bits per heavy atom. The quantitative estimate of drug-likeness (QED) is 0.0236. The average molecular weight is 2120 g/mol. The van der Waals surface area contributed by atoms with E-state index in [-0.39, 0.29) is 166 Å². The van der Waals surface area contributed by atoms with Crippen molar-refractivity contribution in [3.8, 4) is 0 Å². The van der Waals surface area contributed by atoms with Crippen molar-refractivity contribution in [2.24, 2.45) is 11.8 Å². The summed E-state index contributed by atoms with van der Waals surface area (Å²) in [4.78, 5) is 218. The molecule has 36 heteroatoms. The highest BCUT2D eigenvalue weighted by Gasteiger charge is 2.24. The molecule has 0 rings (SSSR count). The number of carbonyl (C=O) groups is 18. The van der Waals surface area contributed by atoms with Gasteiger partial charge in [-0.05, 0) is 177 Å². The summed E-state index contributed by atoms with van der Waals surface area (Å²) in [5.74, 6) is -4.58. The van der Waals surface area contributed by atoms with Crippen molar-refractivity contribution in [2.75, 3.05) is 171 Å². The fourth-order valence-electron chi connectivity index (χ4n) is 12.3. The molecule has 0 bridgehead atoms. The van der Waals surface area contributed by atoms with Crippen LogP contribution in [0.2, 0.25) is 0 Å². The Morgan fingerprint density at radius 3 is 0.644 bits per heavy atom. The van der Waals surface area contributed by atoms with Gasteiger partial charge in [0.05, 0.1) is 59.5 Å². The van der Waals surface area contributed by atoms with Crippen LogP contribution in [0.3, 0.4) is 0 Å². The average Bonchev–Trinajstić information content (AvgIpc) is 0.995. The molecule has 1 atom stereocenters. The van der Waals surface area contributed by atoms with Crippen molar-refractivity contribution < 1.29 is 129 Å². The van der Waals surface area contributed by atoms with E-state index < -0.39 is 5.97 Å². The Hall–Kier alpha value is -11.9. The molecule has 0 saturated heterocycles. The number of esters is 9. The molecule has 0 saturated carbocycles. The third-order valence-electron chi connectivity index (χ3n) is 19.9. The molecule has 36 nitrogen and oxygen atoms in total. The Morgan fingerprint density at radius 1 is 0.221 bits per heavy atom. The summed E-state index contributed by atoms with van der Waals surface area (Å²) in [6.45, 7) is 77.9. The van der Waals surface area contributed by atoms with E-state index in [9.17, 15) is 86.3 Å². The Balaban J connectivity index is -0.000000212. The van der Waals surface area contributed by atoms with Crippen LogP contribution in [0.5, 0.6) is 0 Å². The van der Waals surface area contributed by atoms with Gasteiger partial charge in [0.15, 0.2) is 0 Å². The molecule has 0 aliphatic carbocycles. The minimum absolute atomic E-state index is 0.00310. The third kappa shape index (κ3) is 99.2. The summed E-state index contributed by atoms with van der Waals surface area (Å²) >= 11 is 0. The highest BCUT2D eigenvalue weighted by Crippen LogP contribution is 2.15. The van der Waals surface area contributed by atoms with E-state index in [0.717, 1.165) is 141 Å². The molecule has 0 fully saturated rings. The first kappa shape index (κ1) is 155. The molecule has 0 aliphatic heterocycles. The molecular formula is C113H199N9O27. The van der Waals surface area contributed by atoms with Gasteiger partial charge in [-0.3, -0.25) is 86.3 Å². The zero-order valence-electron chi connectivity index (χ0n) is 95.8.